The fourth-order valence-electron chi connectivity index (χ4n) is 17.6. The number of pyridine rings is 4. The van der Waals surface area contributed by atoms with Crippen LogP contribution in [0, 0.1) is 13.8 Å². The van der Waals surface area contributed by atoms with E-state index in [1.165, 1.54) is 47.2 Å². The minimum Gasteiger partial charge on any atom is -0.394 e. The molecule has 0 radical (unpaired) electrons. The number of alkyl halides is 4. The fraction of sp³-hybridized carbons (Fsp3) is 0.583. The van der Waals surface area contributed by atoms with Gasteiger partial charge in [0.25, 0.3) is 60.1 Å². The summed E-state index contributed by atoms with van der Waals surface area (Å²) >= 11 is 4.18. The summed E-state index contributed by atoms with van der Waals surface area (Å²) in [5.41, 5.74) is 2.85. The number of amides is 8. The summed E-state index contributed by atoms with van der Waals surface area (Å²) in [6, 6.07) is 6.09. The van der Waals surface area contributed by atoms with Crippen molar-refractivity contribution in [3.05, 3.63) is 114 Å². The molecule has 0 aromatic carbocycles. The van der Waals surface area contributed by atoms with Crippen molar-refractivity contribution in [3.63, 3.8) is 0 Å². The first-order valence-electron chi connectivity index (χ1n) is 47.3. The Morgan fingerprint density at radius 2 is 0.810 bits per heavy atom. The van der Waals surface area contributed by atoms with Crippen LogP contribution in [0.2, 0.25) is 0 Å². The fourth-order valence-corrected chi connectivity index (χ4v) is 21.7. The summed E-state index contributed by atoms with van der Waals surface area (Å²) in [5.74, 6) is -0.770. The Kier molecular flexibility index (Phi) is 34.0. The number of aliphatic hydroxyl groups excluding tert-OH is 4. The van der Waals surface area contributed by atoms with Gasteiger partial charge >= 0.3 is 0 Å². The molecule has 8 aromatic heterocycles. The molecule has 11 atom stereocenters. The van der Waals surface area contributed by atoms with Gasteiger partial charge in [0, 0.05) is 131 Å². The van der Waals surface area contributed by atoms with E-state index in [4.69, 9.17) is 4.74 Å². The Hall–Kier alpha value is -10.4. The van der Waals surface area contributed by atoms with Gasteiger partial charge in [0.2, 0.25) is 0 Å². The lowest BCUT2D eigenvalue weighted by Gasteiger charge is -2.32. The molecule has 41 heteroatoms. The molecular weight excluding hydrogens is 1850 g/mol. The number of carbonyl (C=O) groups excluding carboxylic acids is 8. The van der Waals surface area contributed by atoms with Crippen molar-refractivity contribution < 1.29 is 81.1 Å². The van der Waals surface area contributed by atoms with Crippen molar-refractivity contribution in [1.29, 1.82) is 0 Å². The smallest absolute Gasteiger partial charge is 0.280 e. The lowest BCUT2D eigenvalue weighted by Crippen LogP contribution is -2.50. The first kappa shape index (κ1) is 104. The zero-order valence-corrected chi connectivity index (χ0v) is 83.7. The van der Waals surface area contributed by atoms with Crippen LogP contribution in [-0.4, -0.2) is 262 Å². The number of ether oxygens (including phenoxy) is 1. The highest BCUT2D eigenvalue weighted by Gasteiger charge is 2.46. The molecule has 0 spiro atoms. The molecule has 742 valence electrons. The molecule has 6 aliphatic heterocycles. The van der Waals surface area contributed by atoms with Crippen LogP contribution < -0.4 is 42.5 Å². The minimum atomic E-state index is -2.85. The molecule has 8 aliphatic rings. The van der Waals surface area contributed by atoms with E-state index in [1.807, 2.05) is 119 Å². The average Bonchev–Trinajstić information content (AvgIpc) is 1.62. The van der Waals surface area contributed by atoms with Crippen LogP contribution in [0.3, 0.4) is 0 Å². The Morgan fingerprint density at radius 1 is 0.453 bits per heavy atom. The highest BCUT2D eigenvalue weighted by atomic mass is 32.1. The Balaban J connectivity index is 0.000000154. The third kappa shape index (κ3) is 24.9. The monoisotopic (exact) mass is 1970 g/mol. The summed E-state index contributed by atoms with van der Waals surface area (Å²) in [7, 11) is 0. The van der Waals surface area contributed by atoms with Crippen molar-refractivity contribution in [2.24, 2.45) is 0 Å². The number of anilines is 4. The predicted octanol–water partition coefficient (Wildman–Crippen LogP) is 14.9. The zero-order chi connectivity index (χ0) is 99.1. The average molecular weight is 1970 g/mol. The molecule has 33 nitrogen and oxygen atoms in total. The van der Waals surface area contributed by atoms with E-state index >= 15 is 0 Å². The van der Waals surface area contributed by atoms with Crippen LogP contribution in [0.25, 0.3) is 41.8 Å². The molecule has 16 rings (SSSR count). The third-order valence-corrected chi connectivity index (χ3v) is 30.1. The molecule has 2 saturated carbocycles. The van der Waals surface area contributed by atoms with E-state index in [1.54, 1.807) is 22.2 Å². The topological polar surface area (TPSA) is 439 Å². The molecule has 137 heavy (non-hydrogen) atoms. The van der Waals surface area contributed by atoms with Crippen molar-refractivity contribution in [2.75, 3.05) is 60.7 Å². The molecule has 2 aliphatic carbocycles. The lowest BCUT2D eigenvalue weighted by molar-refractivity contribution is 0.0447. The number of hydrogen-bond acceptors (Lipinski definition) is 29. The lowest BCUT2D eigenvalue weighted by atomic mass is 9.89. The quantitative estimate of drug-likeness (QED) is 0.0213. The minimum absolute atomic E-state index is 0.00795. The van der Waals surface area contributed by atoms with E-state index in [0.717, 1.165) is 134 Å². The molecule has 8 amide bonds. The number of likely N-dealkylation sites (tertiary alicyclic amines) is 3. The zero-order valence-electron chi connectivity index (χ0n) is 80.4. The number of thiazole rings is 4. The first-order chi connectivity index (χ1) is 65.0. The number of rotatable bonds is 27. The van der Waals surface area contributed by atoms with Crippen molar-refractivity contribution in [2.45, 2.75) is 322 Å². The van der Waals surface area contributed by atoms with E-state index in [0.29, 0.717) is 78.3 Å². The molecule has 8 fully saturated rings. The number of nitrogens with one attached hydrogen (secondary N) is 8. The van der Waals surface area contributed by atoms with Gasteiger partial charge < -0.3 is 87.3 Å². The van der Waals surface area contributed by atoms with Gasteiger partial charge in [-0.3, -0.25) is 38.4 Å². The molecule has 6 saturated heterocycles. The molecule has 2 bridgehead atoms. The molecular formula is C96H128F4N20O13S4. The van der Waals surface area contributed by atoms with Crippen LogP contribution in [-0.2, 0) is 4.74 Å². The number of carbonyl (C=O) groups is 8. The summed E-state index contributed by atoms with van der Waals surface area (Å²) in [4.78, 5) is 150. The Labute approximate surface area is 811 Å². The van der Waals surface area contributed by atoms with Crippen LogP contribution in [0.4, 0.5) is 40.8 Å². The second kappa shape index (κ2) is 44.8. The van der Waals surface area contributed by atoms with E-state index in [9.17, 15) is 76.3 Å². The SMILES string of the molecule is CC[C@@H](C)Nc1cc(C)c(-c2sc(C(=O)N[C@H]3CC[C@@H]3O)nc2C(=O)N2C3CCC2CC3)cn1.CC[C@@H](CO)NC(=O)c1nc(C(=O)N2CCC[C@@H]2C)c(-c2cnc(NC(C)C)cc2C)s1.C[C@H]1CCCN1C(=O)c1nc(C(=O)N[C@@H]2CC[C@H]2O)sc1-c1cnc(NC(C)(C)C)cc1C(F)F.C[C@H]1CCCN1C(=O)c1nc(C(=O)N[C@@H]2COC[C@H]2O)sc1-c1cnc(NC(C)(C)C)cc1C(F)F. The standard InChI is InChI=1S/C25H33N5O3S.C24H31F2N5O4S.C24H31F2N5O3S.C23H33N5O3S/c1-4-14(3)27-20-11-13(2)17(12-26-20)22-21(25(33)30-15-5-6-16(30)8-7-15)29-24(34-22)23(32)28-18-9-10-19(18)31;1-12-6-5-7-31(12)23(34)18-19(36-22(29-18)21(33)28-15-10-35-11-16(15)32)14-9-27-17(30-24(2,3)4)8-13(14)20(25)26;1-12-6-5-9-31(12)23(34)18-19(35-22(29-18)21(33)28-15-7-8-16(15)32)14-11-27-17(30-24(2,3)4)10-13(14)20(25)26;1-6-16(12-29)26-21(30)22-27-19(23(31)28-9-7-8-15(28)5)20(32-22)17-11-24-18(10-14(17)4)25-13(2)3/h11-12,14-16,18-19,31H,4-10H2,1-3H3,(H,26,27)(H,28,32);8-9,12,15-16,20,32H,5-7,10-11H2,1-4H3,(H,27,30)(H,28,33);10-12,15-16,20,32H,5-9H2,1-4H3,(H,27,30)(H,28,33);10-11,13,15-16,29H,6-9,12H2,1-5H3,(H,24,25)(H,26,30)/t14-,15?,16?,18+,19+;2*12-,15+,16+;15-,16-/m1000/s1. The van der Waals surface area contributed by atoms with Gasteiger partial charge in [0.15, 0.2) is 20.0 Å². The molecule has 8 aromatic rings. The van der Waals surface area contributed by atoms with Gasteiger partial charge in [-0.2, -0.15) is 0 Å². The van der Waals surface area contributed by atoms with Gasteiger partial charge in [-0.1, -0.05) is 13.8 Å². The predicted molar refractivity (Wildman–Crippen MR) is 521 cm³/mol. The van der Waals surface area contributed by atoms with E-state index < -0.39 is 60.5 Å². The first-order valence-corrected chi connectivity index (χ1v) is 50.6. The summed E-state index contributed by atoms with van der Waals surface area (Å²) < 4.78 is 62.0. The van der Waals surface area contributed by atoms with Crippen LogP contribution >= 0.6 is 45.3 Å². The number of fused-ring (bicyclic) bond motifs is 2. The molecule has 14 heterocycles. The number of aromatic nitrogens is 8. The van der Waals surface area contributed by atoms with E-state index in [-0.39, 0.29) is 179 Å². The largest absolute Gasteiger partial charge is 0.394 e. The van der Waals surface area contributed by atoms with Gasteiger partial charge in [0.1, 0.15) is 46.0 Å². The second-order valence-electron chi connectivity index (χ2n) is 39.0. The molecule has 12 N–H and O–H groups in total. The highest BCUT2D eigenvalue weighted by Crippen LogP contribution is 2.46. The van der Waals surface area contributed by atoms with Gasteiger partial charge in [-0.05, 0) is 235 Å². The maximum atomic E-state index is 14.2. The highest BCUT2D eigenvalue weighted by molar-refractivity contribution is 7.18. The van der Waals surface area contributed by atoms with E-state index in [2.05, 4.69) is 96.3 Å². The molecule has 0 unspecified atom stereocenters. The Bertz CT molecular complexity index is 5660. The number of nitrogens with zero attached hydrogens (tertiary/aromatic N) is 12. The van der Waals surface area contributed by atoms with Gasteiger partial charge in [0.05, 0.1) is 81.8 Å². The maximum absolute atomic E-state index is 14.2. The maximum Gasteiger partial charge on any atom is 0.280 e. The third-order valence-electron chi connectivity index (χ3n) is 25.7. The second-order valence-corrected chi connectivity index (χ2v) is 43.0. The van der Waals surface area contributed by atoms with Crippen LogP contribution in [0.15, 0.2) is 49.1 Å². The Morgan fingerprint density at radius 3 is 1.12 bits per heavy atom. The number of halogens is 4. The van der Waals surface area contributed by atoms with Crippen LogP contribution in [0.5, 0.6) is 0 Å². The van der Waals surface area contributed by atoms with Gasteiger partial charge in [-0.25, -0.2) is 57.4 Å². The number of aliphatic hydroxyl groups is 4. The van der Waals surface area contributed by atoms with Gasteiger partial charge in [-0.15, -0.1) is 45.3 Å². The van der Waals surface area contributed by atoms with Crippen molar-refractivity contribution >= 4 is 116 Å². The van der Waals surface area contributed by atoms with Crippen molar-refractivity contribution in [3.8, 4) is 41.8 Å². The number of hydrogen-bond donors (Lipinski definition) is 12. The normalized spacial score (nSPS) is 22.1. The van der Waals surface area contributed by atoms with Crippen LogP contribution in [0.1, 0.15) is 316 Å². The summed E-state index contributed by atoms with van der Waals surface area (Å²) in [5, 5.41) is 63.4. The number of aryl methyl sites for hydroxylation is 2. The summed E-state index contributed by atoms with van der Waals surface area (Å²) in [6.45, 7) is 33.3. The van der Waals surface area contributed by atoms with Crippen molar-refractivity contribution in [1.82, 2.24) is 80.7 Å². The summed E-state index contributed by atoms with van der Waals surface area (Å²) in [6.07, 6.45) is 12.2.